The highest BCUT2D eigenvalue weighted by molar-refractivity contribution is 7.44. The van der Waals surface area contributed by atoms with E-state index in [2.05, 4.69) is 16.8 Å². The van der Waals surface area contributed by atoms with Crippen LogP contribution in [0.2, 0.25) is 0 Å². The number of benzene rings is 1. The molecule has 1 atom stereocenters. The van der Waals surface area contributed by atoms with E-state index >= 15 is 0 Å². The molecule has 1 saturated heterocycles. The highest BCUT2D eigenvalue weighted by atomic mass is 35.5. The van der Waals surface area contributed by atoms with E-state index in [0.717, 1.165) is 38.8 Å². The maximum atomic E-state index is 13.0. The monoisotopic (exact) mass is 332 g/mol. The van der Waals surface area contributed by atoms with Crippen LogP contribution in [-0.4, -0.2) is 28.1 Å². The Kier molecular flexibility index (Phi) is 6.29. The maximum absolute atomic E-state index is 13.0. The first-order valence-corrected chi connectivity index (χ1v) is 9.38. The Hall–Kier alpha value is -0.140. The van der Waals surface area contributed by atoms with Crippen molar-refractivity contribution in [3.63, 3.8) is 0 Å². The first-order valence-electron chi connectivity index (χ1n) is 7.10. The van der Waals surface area contributed by atoms with Crippen LogP contribution in [0.4, 0.5) is 0 Å². The van der Waals surface area contributed by atoms with Crippen molar-refractivity contribution in [2.75, 3.05) is 18.3 Å². The predicted molar refractivity (Wildman–Crippen MR) is 87.1 cm³/mol. The first-order chi connectivity index (χ1) is 9.72. The zero-order chi connectivity index (χ0) is 14.4. The van der Waals surface area contributed by atoms with Crippen molar-refractivity contribution >= 4 is 31.2 Å². The largest absolute Gasteiger partial charge is 0.269 e. The summed E-state index contributed by atoms with van der Waals surface area (Å²) in [6, 6.07) is 10.2. The summed E-state index contributed by atoms with van der Waals surface area (Å²) in [5.41, 5.74) is 1.21. The van der Waals surface area contributed by atoms with Crippen molar-refractivity contribution in [3.05, 3.63) is 35.9 Å². The van der Waals surface area contributed by atoms with Crippen LogP contribution in [0, 0.1) is 0 Å². The van der Waals surface area contributed by atoms with Gasteiger partial charge in [0, 0.05) is 24.8 Å². The van der Waals surface area contributed by atoms with Gasteiger partial charge in [0.15, 0.2) is 7.95 Å². The fraction of sp³-hybridized carbons (Fsp3) is 0.600. The number of rotatable bonds is 6. The Bertz CT molecular complexity index is 429. The van der Waals surface area contributed by atoms with Gasteiger partial charge in [-0.2, -0.15) is 0 Å². The number of hydrogen-bond donors (Lipinski definition) is 0. The number of nitrogens with zero attached hydrogens (tertiary/aromatic N) is 1. The third-order valence-corrected chi connectivity index (χ3v) is 6.76. The normalized spacial score (nSPS) is 21.0. The molecule has 1 heterocycles. The molecule has 0 amide bonds. The van der Waals surface area contributed by atoms with Crippen molar-refractivity contribution in [3.8, 4) is 0 Å². The molecule has 1 fully saturated rings. The lowest BCUT2D eigenvalue weighted by atomic mass is 9.95. The van der Waals surface area contributed by atoms with Gasteiger partial charge < -0.3 is 0 Å². The number of halogens is 2. The summed E-state index contributed by atoms with van der Waals surface area (Å²) in [6.07, 6.45) is 3.64. The molecule has 1 aliphatic heterocycles. The zero-order valence-corrected chi connectivity index (χ0v) is 14.0. The third kappa shape index (κ3) is 3.74. The molecule has 1 aromatic carbocycles. The summed E-state index contributed by atoms with van der Waals surface area (Å²) < 4.78 is 15.1. The highest BCUT2D eigenvalue weighted by Crippen LogP contribution is 2.54. The molecule has 0 N–H and O–H groups in total. The summed E-state index contributed by atoms with van der Waals surface area (Å²) in [6.45, 7) is 1.65. The van der Waals surface area contributed by atoms with E-state index in [9.17, 15) is 4.57 Å². The quantitative estimate of drug-likeness (QED) is 0.538. The SMILES string of the molecule is O=[P]1N(Cc2ccccc2)CCCC1(CCCl)CCCl. The Labute approximate surface area is 132 Å². The summed E-state index contributed by atoms with van der Waals surface area (Å²) in [5, 5.41) is -0.189. The molecule has 0 aliphatic carbocycles. The van der Waals surface area contributed by atoms with E-state index < -0.39 is 7.95 Å². The lowest BCUT2D eigenvalue weighted by molar-refractivity contribution is 0.317. The smallest absolute Gasteiger partial charge is 0.155 e. The van der Waals surface area contributed by atoms with Crippen LogP contribution in [0.3, 0.4) is 0 Å². The van der Waals surface area contributed by atoms with Crippen molar-refractivity contribution < 1.29 is 4.57 Å². The van der Waals surface area contributed by atoms with Gasteiger partial charge in [-0.05, 0) is 31.2 Å². The van der Waals surface area contributed by atoms with Crippen LogP contribution in [-0.2, 0) is 11.1 Å². The maximum Gasteiger partial charge on any atom is 0.155 e. The summed E-state index contributed by atoms with van der Waals surface area (Å²) in [4.78, 5) is 0. The molecular weight excluding hydrogens is 312 g/mol. The van der Waals surface area contributed by atoms with Crippen LogP contribution in [0.25, 0.3) is 0 Å². The molecule has 0 bridgehead atoms. The molecule has 1 unspecified atom stereocenters. The van der Waals surface area contributed by atoms with Gasteiger partial charge in [0.1, 0.15) is 0 Å². The summed E-state index contributed by atoms with van der Waals surface area (Å²) >= 11 is 11.9. The van der Waals surface area contributed by atoms with Crippen LogP contribution >= 0.6 is 31.2 Å². The van der Waals surface area contributed by atoms with Crippen LogP contribution in [0.15, 0.2) is 30.3 Å². The van der Waals surface area contributed by atoms with Crippen molar-refractivity contribution in [1.29, 1.82) is 0 Å². The summed E-state index contributed by atoms with van der Waals surface area (Å²) in [5.74, 6) is 1.11. The van der Waals surface area contributed by atoms with Crippen molar-refractivity contribution in [2.24, 2.45) is 0 Å². The Morgan fingerprint density at radius 3 is 2.40 bits per heavy atom. The molecular formula is C15H21Cl2NOP. The molecule has 0 saturated carbocycles. The minimum absolute atomic E-state index is 0.189. The molecule has 111 valence electrons. The lowest BCUT2D eigenvalue weighted by Crippen LogP contribution is -2.37. The van der Waals surface area contributed by atoms with Gasteiger partial charge in [0.25, 0.3) is 0 Å². The fourth-order valence-corrected chi connectivity index (χ4v) is 6.09. The molecule has 0 spiro atoms. The van der Waals surface area contributed by atoms with Gasteiger partial charge in [-0.3, -0.25) is 4.57 Å². The second kappa shape index (κ2) is 7.75. The average Bonchev–Trinajstić information content (AvgIpc) is 2.46. The topological polar surface area (TPSA) is 20.3 Å². The molecule has 1 aromatic rings. The standard InChI is InChI=1S/C15H21Cl2NOP/c16-10-8-15(9-11-17)7-4-12-18(20(15)19)13-14-5-2-1-3-6-14/h1-3,5-6H,4,7-13H2. The van der Waals surface area contributed by atoms with E-state index in [1.54, 1.807) is 0 Å². The predicted octanol–water partition coefficient (Wildman–Crippen LogP) is 5.02. The minimum Gasteiger partial charge on any atom is -0.269 e. The van der Waals surface area contributed by atoms with Gasteiger partial charge in [0.05, 0.1) is 5.16 Å². The molecule has 2 nitrogen and oxygen atoms in total. The summed E-state index contributed by atoms with van der Waals surface area (Å²) in [7, 11) is -1.42. The van der Waals surface area contributed by atoms with E-state index in [0.29, 0.717) is 11.8 Å². The Morgan fingerprint density at radius 1 is 1.15 bits per heavy atom. The fourth-order valence-electron chi connectivity index (χ4n) is 2.93. The van der Waals surface area contributed by atoms with E-state index in [4.69, 9.17) is 23.2 Å². The number of hydrogen-bond acceptors (Lipinski definition) is 1. The van der Waals surface area contributed by atoms with Gasteiger partial charge in [-0.15, -0.1) is 23.2 Å². The lowest BCUT2D eigenvalue weighted by Gasteiger charge is -2.40. The van der Waals surface area contributed by atoms with E-state index in [1.807, 2.05) is 18.2 Å². The van der Waals surface area contributed by atoms with Crippen LogP contribution < -0.4 is 0 Å². The van der Waals surface area contributed by atoms with Gasteiger partial charge >= 0.3 is 0 Å². The molecule has 5 heteroatoms. The van der Waals surface area contributed by atoms with Gasteiger partial charge in [-0.1, -0.05) is 30.3 Å². The van der Waals surface area contributed by atoms with E-state index in [-0.39, 0.29) is 5.16 Å². The van der Waals surface area contributed by atoms with Crippen molar-refractivity contribution in [2.45, 2.75) is 37.4 Å². The second-order valence-electron chi connectivity index (χ2n) is 5.35. The van der Waals surface area contributed by atoms with Gasteiger partial charge in [-0.25, -0.2) is 4.67 Å². The van der Waals surface area contributed by atoms with Gasteiger partial charge in [0.2, 0.25) is 0 Å². The van der Waals surface area contributed by atoms with Crippen molar-refractivity contribution in [1.82, 2.24) is 4.67 Å². The average molecular weight is 333 g/mol. The molecule has 1 aliphatic rings. The molecule has 20 heavy (non-hydrogen) atoms. The second-order valence-corrected chi connectivity index (χ2v) is 8.17. The van der Waals surface area contributed by atoms with Crippen LogP contribution in [0.5, 0.6) is 0 Å². The minimum atomic E-state index is -1.42. The number of alkyl halides is 2. The molecule has 0 aromatic heterocycles. The first kappa shape index (κ1) is 16.2. The van der Waals surface area contributed by atoms with Crippen LogP contribution in [0.1, 0.15) is 31.2 Å². The Morgan fingerprint density at radius 2 is 1.80 bits per heavy atom. The molecule has 2 rings (SSSR count). The third-order valence-electron chi connectivity index (χ3n) is 4.05. The Balaban J connectivity index is 2.12. The van der Waals surface area contributed by atoms with E-state index in [1.165, 1.54) is 5.56 Å². The zero-order valence-electron chi connectivity index (χ0n) is 11.6. The molecule has 1 radical (unpaired) electrons. The highest BCUT2D eigenvalue weighted by Gasteiger charge is 2.42.